The topological polar surface area (TPSA) is 64.0 Å². The molecule has 0 bridgehead atoms. The highest BCUT2D eigenvalue weighted by molar-refractivity contribution is 6.02. The van der Waals surface area contributed by atoms with Crippen LogP contribution < -0.4 is 0 Å². The summed E-state index contributed by atoms with van der Waals surface area (Å²) in [6.45, 7) is 8.58. The summed E-state index contributed by atoms with van der Waals surface area (Å²) in [6.07, 6.45) is 1.02. The first-order valence-electron chi connectivity index (χ1n) is 8.43. The number of likely N-dealkylation sites (tertiary alicyclic amines) is 1. The van der Waals surface area contributed by atoms with E-state index in [2.05, 4.69) is 22.0 Å². The summed E-state index contributed by atoms with van der Waals surface area (Å²) in [5.41, 5.74) is 1.36. The zero-order chi connectivity index (χ0) is 18.1. The first-order valence-corrected chi connectivity index (χ1v) is 8.43. The number of aromatic nitrogens is 1. The number of nitrogens with zero attached hydrogens (tertiary/aromatic N) is 3. The number of amides is 1. The van der Waals surface area contributed by atoms with Crippen LogP contribution in [0.3, 0.4) is 0 Å². The SMILES string of the molecule is Cc1cccc(C#CC2=NOC3(CCN(C(=O)OC(C)(C)C)C3)C2)n1. The van der Waals surface area contributed by atoms with Gasteiger partial charge in [-0.25, -0.2) is 9.78 Å². The van der Waals surface area contributed by atoms with Crippen molar-refractivity contribution in [3.05, 3.63) is 29.6 Å². The molecule has 1 fully saturated rings. The van der Waals surface area contributed by atoms with E-state index in [0.29, 0.717) is 30.9 Å². The maximum atomic E-state index is 12.2. The number of ether oxygens (including phenoxy) is 1. The van der Waals surface area contributed by atoms with Crippen LogP contribution in [-0.4, -0.2) is 46.0 Å². The maximum absolute atomic E-state index is 12.2. The van der Waals surface area contributed by atoms with Crippen LogP contribution in [0.5, 0.6) is 0 Å². The van der Waals surface area contributed by atoms with Crippen LogP contribution in [0.2, 0.25) is 0 Å². The molecule has 1 unspecified atom stereocenters. The number of aryl methyl sites for hydroxylation is 1. The quantitative estimate of drug-likeness (QED) is 0.681. The predicted octanol–water partition coefficient (Wildman–Crippen LogP) is 2.90. The second-order valence-corrected chi connectivity index (χ2v) is 7.56. The molecule has 2 aliphatic heterocycles. The second kappa shape index (κ2) is 6.40. The highest BCUT2D eigenvalue weighted by Crippen LogP contribution is 2.34. The van der Waals surface area contributed by atoms with Crippen LogP contribution in [-0.2, 0) is 9.57 Å². The summed E-state index contributed by atoms with van der Waals surface area (Å²) in [7, 11) is 0. The lowest BCUT2D eigenvalue weighted by Crippen LogP contribution is -2.39. The fourth-order valence-corrected chi connectivity index (χ4v) is 2.88. The molecule has 1 atom stereocenters. The van der Waals surface area contributed by atoms with Crippen LogP contribution in [0.1, 0.15) is 45.0 Å². The molecular formula is C19H23N3O3. The molecule has 6 heteroatoms. The lowest BCUT2D eigenvalue weighted by molar-refractivity contribution is -0.0159. The van der Waals surface area contributed by atoms with Crippen LogP contribution in [0.4, 0.5) is 4.79 Å². The van der Waals surface area contributed by atoms with E-state index < -0.39 is 11.2 Å². The van der Waals surface area contributed by atoms with Gasteiger partial charge in [0.1, 0.15) is 17.0 Å². The average molecular weight is 341 g/mol. The number of hydrogen-bond acceptors (Lipinski definition) is 5. The van der Waals surface area contributed by atoms with E-state index in [1.165, 1.54) is 0 Å². The normalized spacial score (nSPS) is 22.2. The van der Waals surface area contributed by atoms with Gasteiger partial charge in [-0.05, 0) is 51.7 Å². The lowest BCUT2D eigenvalue weighted by atomic mass is 9.97. The van der Waals surface area contributed by atoms with Gasteiger partial charge in [0.2, 0.25) is 0 Å². The molecule has 1 saturated heterocycles. The van der Waals surface area contributed by atoms with Gasteiger partial charge in [-0.15, -0.1) is 0 Å². The second-order valence-electron chi connectivity index (χ2n) is 7.56. The van der Waals surface area contributed by atoms with Crippen molar-refractivity contribution in [1.82, 2.24) is 9.88 Å². The molecule has 25 heavy (non-hydrogen) atoms. The van der Waals surface area contributed by atoms with Crippen molar-refractivity contribution in [1.29, 1.82) is 0 Å². The highest BCUT2D eigenvalue weighted by atomic mass is 16.7. The van der Waals surface area contributed by atoms with Gasteiger partial charge in [-0.3, -0.25) is 0 Å². The zero-order valence-corrected chi connectivity index (χ0v) is 15.1. The molecule has 2 aliphatic rings. The molecule has 3 heterocycles. The maximum Gasteiger partial charge on any atom is 0.410 e. The first kappa shape index (κ1) is 17.3. The van der Waals surface area contributed by atoms with Crippen LogP contribution in [0, 0.1) is 18.8 Å². The number of carbonyl (C=O) groups is 1. The van der Waals surface area contributed by atoms with Crippen molar-refractivity contribution >= 4 is 11.8 Å². The molecule has 132 valence electrons. The minimum atomic E-state index is -0.503. The molecule has 3 rings (SSSR count). The van der Waals surface area contributed by atoms with Gasteiger partial charge in [-0.1, -0.05) is 11.2 Å². The van der Waals surface area contributed by atoms with Crippen molar-refractivity contribution in [3.63, 3.8) is 0 Å². The first-order chi connectivity index (χ1) is 11.7. The molecule has 0 saturated carbocycles. The van der Waals surface area contributed by atoms with Crippen LogP contribution in [0.15, 0.2) is 23.4 Å². The largest absolute Gasteiger partial charge is 0.444 e. The molecule has 1 amide bonds. The summed E-state index contributed by atoms with van der Waals surface area (Å²) in [6, 6.07) is 5.72. The van der Waals surface area contributed by atoms with Crippen LogP contribution in [0.25, 0.3) is 0 Å². The third-order valence-electron chi connectivity index (χ3n) is 4.03. The molecule has 0 aromatic carbocycles. The average Bonchev–Trinajstić information content (AvgIpc) is 3.11. The van der Waals surface area contributed by atoms with Gasteiger partial charge < -0.3 is 14.5 Å². The van der Waals surface area contributed by atoms with Gasteiger partial charge in [-0.2, -0.15) is 0 Å². The van der Waals surface area contributed by atoms with Gasteiger partial charge in [0.15, 0.2) is 5.60 Å². The predicted molar refractivity (Wildman–Crippen MR) is 94.1 cm³/mol. The fourth-order valence-electron chi connectivity index (χ4n) is 2.88. The van der Waals surface area contributed by atoms with E-state index in [4.69, 9.17) is 9.57 Å². The summed E-state index contributed by atoms with van der Waals surface area (Å²) in [5, 5.41) is 4.11. The molecule has 0 aliphatic carbocycles. The third-order valence-corrected chi connectivity index (χ3v) is 4.03. The van der Waals surface area contributed by atoms with E-state index in [-0.39, 0.29) is 6.09 Å². The van der Waals surface area contributed by atoms with Crippen molar-refractivity contribution in [3.8, 4) is 11.8 Å². The summed E-state index contributed by atoms with van der Waals surface area (Å²) in [5.74, 6) is 6.06. The van der Waals surface area contributed by atoms with Crippen LogP contribution >= 0.6 is 0 Å². The Morgan fingerprint density at radius 1 is 1.36 bits per heavy atom. The Balaban J connectivity index is 1.60. The van der Waals surface area contributed by atoms with Gasteiger partial charge in [0, 0.05) is 25.1 Å². The Bertz CT molecular complexity index is 770. The Labute approximate surface area is 148 Å². The molecule has 1 aromatic heterocycles. The minimum Gasteiger partial charge on any atom is -0.444 e. The van der Waals surface area contributed by atoms with Gasteiger partial charge in [0.25, 0.3) is 0 Å². The molecular weight excluding hydrogens is 318 g/mol. The molecule has 1 spiro atoms. The molecule has 6 nitrogen and oxygen atoms in total. The number of oxime groups is 1. The standard InChI is InChI=1S/C19H23N3O3/c1-14-6-5-7-15(20-14)8-9-16-12-19(25-21-16)10-11-22(13-19)17(23)24-18(2,3)4/h5-7H,10-13H2,1-4H3. The van der Waals surface area contributed by atoms with Crippen molar-refractivity contribution in [2.75, 3.05) is 13.1 Å². The Morgan fingerprint density at radius 2 is 2.16 bits per heavy atom. The van der Waals surface area contributed by atoms with Crippen molar-refractivity contribution in [2.24, 2.45) is 5.16 Å². The lowest BCUT2D eigenvalue weighted by Gasteiger charge is -2.25. The summed E-state index contributed by atoms with van der Waals surface area (Å²) >= 11 is 0. The number of rotatable bonds is 0. The minimum absolute atomic E-state index is 0.309. The smallest absolute Gasteiger partial charge is 0.410 e. The van der Waals surface area contributed by atoms with E-state index in [1.807, 2.05) is 45.9 Å². The van der Waals surface area contributed by atoms with E-state index in [9.17, 15) is 4.79 Å². The highest BCUT2D eigenvalue weighted by Gasteiger charge is 2.47. The number of hydrogen-bond donors (Lipinski definition) is 0. The van der Waals surface area contributed by atoms with E-state index in [1.54, 1.807) is 4.90 Å². The van der Waals surface area contributed by atoms with Crippen molar-refractivity contribution in [2.45, 2.75) is 51.7 Å². The van der Waals surface area contributed by atoms with Gasteiger partial charge in [0.05, 0.1) is 6.54 Å². The van der Waals surface area contributed by atoms with E-state index in [0.717, 1.165) is 12.1 Å². The number of carbonyl (C=O) groups excluding carboxylic acids is 1. The summed E-state index contributed by atoms with van der Waals surface area (Å²) < 4.78 is 5.43. The molecule has 1 aromatic rings. The summed E-state index contributed by atoms with van der Waals surface area (Å²) in [4.78, 5) is 23.9. The number of pyridine rings is 1. The molecule has 0 N–H and O–H groups in total. The van der Waals surface area contributed by atoms with E-state index >= 15 is 0 Å². The third kappa shape index (κ3) is 4.30. The Kier molecular flexibility index (Phi) is 4.42. The zero-order valence-electron chi connectivity index (χ0n) is 15.1. The molecule has 0 radical (unpaired) electrons. The monoisotopic (exact) mass is 341 g/mol. The fraction of sp³-hybridized carbons (Fsp3) is 0.526. The Morgan fingerprint density at radius 3 is 2.88 bits per heavy atom. The van der Waals surface area contributed by atoms with Crippen molar-refractivity contribution < 1.29 is 14.4 Å². The van der Waals surface area contributed by atoms with Gasteiger partial charge >= 0.3 is 6.09 Å². The Hall–Kier alpha value is -2.55.